The summed E-state index contributed by atoms with van der Waals surface area (Å²) in [4.78, 5) is 11.8. The molecule has 2 rings (SSSR count). The van der Waals surface area contributed by atoms with Gasteiger partial charge in [0.15, 0.2) is 0 Å². The summed E-state index contributed by atoms with van der Waals surface area (Å²) in [6, 6.07) is 5.68. The SMILES string of the molecule is O=C(O)CS[C@@H]1CCCC[C@H]1Sc1ccc(Cl)c(Cl)c1. The number of hydrogen-bond acceptors (Lipinski definition) is 3. The third kappa shape index (κ3) is 4.76. The number of carbonyl (C=O) groups is 1. The van der Waals surface area contributed by atoms with Crippen LogP contribution in [0.15, 0.2) is 23.1 Å². The predicted molar refractivity (Wildman–Crippen MR) is 88.5 cm³/mol. The van der Waals surface area contributed by atoms with Crippen LogP contribution in [-0.2, 0) is 4.79 Å². The Balaban J connectivity index is 2.00. The normalized spacial score (nSPS) is 22.7. The molecule has 1 aliphatic carbocycles. The van der Waals surface area contributed by atoms with Gasteiger partial charge in [0.05, 0.1) is 15.8 Å². The van der Waals surface area contributed by atoms with Crippen molar-refractivity contribution in [1.29, 1.82) is 0 Å². The maximum Gasteiger partial charge on any atom is 0.313 e. The number of hydrogen-bond donors (Lipinski definition) is 1. The molecule has 1 saturated carbocycles. The fourth-order valence-electron chi connectivity index (χ4n) is 2.29. The van der Waals surface area contributed by atoms with Gasteiger partial charge in [-0.25, -0.2) is 0 Å². The molecule has 0 heterocycles. The molecule has 1 aromatic carbocycles. The van der Waals surface area contributed by atoms with E-state index in [0.717, 1.165) is 17.7 Å². The Bertz CT molecular complexity index is 482. The second kappa shape index (κ2) is 7.83. The van der Waals surface area contributed by atoms with Crippen LogP contribution in [0.25, 0.3) is 0 Å². The first-order valence-corrected chi connectivity index (χ1v) is 9.20. The first-order valence-electron chi connectivity index (χ1n) is 6.51. The van der Waals surface area contributed by atoms with Crippen molar-refractivity contribution in [3.63, 3.8) is 0 Å². The molecule has 20 heavy (non-hydrogen) atoms. The Morgan fingerprint density at radius 1 is 1.20 bits per heavy atom. The molecule has 0 aliphatic heterocycles. The molecule has 0 amide bonds. The monoisotopic (exact) mass is 350 g/mol. The maximum absolute atomic E-state index is 10.7. The van der Waals surface area contributed by atoms with Gasteiger partial charge in [-0.05, 0) is 31.0 Å². The highest BCUT2D eigenvalue weighted by molar-refractivity contribution is 8.04. The minimum Gasteiger partial charge on any atom is -0.481 e. The van der Waals surface area contributed by atoms with Gasteiger partial charge >= 0.3 is 5.97 Å². The molecule has 1 fully saturated rings. The number of thioether (sulfide) groups is 2. The average Bonchev–Trinajstić information content (AvgIpc) is 2.42. The van der Waals surface area contributed by atoms with Crippen molar-refractivity contribution in [3.05, 3.63) is 28.2 Å². The number of carboxylic acids is 1. The van der Waals surface area contributed by atoms with E-state index in [2.05, 4.69) is 0 Å². The molecule has 0 saturated heterocycles. The molecule has 1 aromatic rings. The maximum atomic E-state index is 10.7. The zero-order valence-corrected chi connectivity index (χ0v) is 14.0. The molecule has 0 bridgehead atoms. The van der Waals surface area contributed by atoms with Crippen LogP contribution >= 0.6 is 46.7 Å². The number of aliphatic carboxylic acids is 1. The van der Waals surface area contributed by atoms with Crippen molar-refractivity contribution >= 4 is 52.7 Å². The fraction of sp³-hybridized carbons (Fsp3) is 0.500. The van der Waals surface area contributed by atoms with Gasteiger partial charge in [0, 0.05) is 15.4 Å². The van der Waals surface area contributed by atoms with E-state index in [9.17, 15) is 4.79 Å². The Hall–Kier alpha value is -0.0300. The molecule has 110 valence electrons. The summed E-state index contributed by atoms with van der Waals surface area (Å²) >= 11 is 15.3. The molecule has 2 atom stereocenters. The summed E-state index contributed by atoms with van der Waals surface area (Å²) in [5, 5.41) is 10.8. The lowest BCUT2D eigenvalue weighted by Gasteiger charge is -2.30. The second-order valence-corrected chi connectivity index (χ2v) is 8.11. The second-order valence-electron chi connectivity index (χ2n) is 4.76. The van der Waals surface area contributed by atoms with Gasteiger partial charge in [-0.15, -0.1) is 23.5 Å². The van der Waals surface area contributed by atoms with Crippen molar-refractivity contribution in [2.45, 2.75) is 41.1 Å². The fourth-order valence-corrected chi connectivity index (χ4v) is 5.35. The van der Waals surface area contributed by atoms with Crippen LogP contribution in [0, 0.1) is 0 Å². The zero-order chi connectivity index (χ0) is 14.5. The molecular formula is C14H16Cl2O2S2. The number of rotatable bonds is 5. The highest BCUT2D eigenvalue weighted by Gasteiger charge is 2.27. The first kappa shape index (κ1) is 16.3. The van der Waals surface area contributed by atoms with Gasteiger partial charge in [-0.2, -0.15) is 0 Å². The molecule has 0 unspecified atom stereocenters. The summed E-state index contributed by atoms with van der Waals surface area (Å²) < 4.78 is 0. The number of halogens is 2. The van der Waals surface area contributed by atoms with Gasteiger partial charge in [0.1, 0.15) is 0 Å². The van der Waals surface area contributed by atoms with E-state index in [4.69, 9.17) is 28.3 Å². The summed E-state index contributed by atoms with van der Waals surface area (Å²) in [6.07, 6.45) is 4.62. The molecule has 6 heteroatoms. The van der Waals surface area contributed by atoms with Crippen LogP contribution in [0.2, 0.25) is 10.0 Å². The molecular weight excluding hydrogens is 335 g/mol. The highest BCUT2D eigenvalue weighted by atomic mass is 35.5. The van der Waals surface area contributed by atoms with Crippen LogP contribution in [0.1, 0.15) is 25.7 Å². The lowest BCUT2D eigenvalue weighted by atomic mass is 10.00. The van der Waals surface area contributed by atoms with E-state index < -0.39 is 5.97 Å². The van der Waals surface area contributed by atoms with Gasteiger partial charge in [0.2, 0.25) is 0 Å². The molecule has 0 aromatic heterocycles. The van der Waals surface area contributed by atoms with Gasteiger partial charge in [-0.3, -0.25) is 4.79 Å². The third-order valence-corrected chi connectivity index (χ3v) is 6.95. The van der Waals surface area contributed by atoms with Crippen LogP contribution in [0.4, 0.5) is 0 Å². The van der Waals surface area contributed by atoms with Crippen molar-refractivity contribution in [3.8, 4) is 0 Å². The highest BCUT2D eigenvalue weighted by Crippen LogP contribution is 2.40. The minimum atomic E-state index is -0.737. The van der Waals surface area contributed by atoms with Crippen LogP contribution in [-0.4, -0.2) is 27.3 Å². The van der Waals surface area contributed by atoms with Crippen molar-refractivity contribution in [2.24, 2.45) is 0 Å². The Kier molecular flexibility index (Phi) is 6.40. The molecule has 0 spiro atoms. The molecule has 1 aliphatic rings. The van der Waals surface area contributed by atoms with Crippen molar-refractivity contribution < 1.29 is 9.90 Å². The molecule has 2 nitrogen and oxygen atoms in total. The summed E-state index contributed by atoms with van der Waals surface area (Å²) in [5.41, 5.74) is 0. The van der Waals surface area contributed by atoms with Gasteiger partial charge in [-0.1, -0.05) is 36.0 Å². The topological polar surface area (TPSA) is 37.3 Å². The lowest BCUT2D eigenvalue weighted by Crippen LogP contribution is -2.25. The summed E-state index contributed by atoms with van der Waals surface area (Å²) in [6.45, 7) is 0. The Morgan fingerprint density at radius 2 is 1.90 bits per heavy atom. The third-order valence-electron chi connectivity index (χ3n) is 3.24. The van der Waals surface area contributed by atoms with E-state index in [1.54, 1.807) is 23.5 Å². The van der Waals surface area contributed by atoms with E-state index in [1.165, 1.54) is 12.8 Å². The summed E-state index contributed by atoms with van der Waals surface area (Å²) in [7, 11) is 0. The van der Waals surface area contributed by atoms with Crippen molar-refractivity contribution in [2.75, 3.05) is 5.75 Å². The molecule has 1 N–H and O–H groups in total. The standard InChI is InChI=1S/C14H16Cl2O2S2/c15-10-6-5-9(7-11(10)16)20-13-4-2-1-3-12(13)19-8-14(17)18/h5-7,12-13H,1-4,8H2,(H,17,18)/t12-,13-/m1/s1. The van der Waals surface area contributed by atoms with E-state index >= 15 is 0 Å². The zero-order valence-electron chi connectivity index (χ0n) is 10.9. The van der Waals surface area contributed by atoms with Gasteiger partial charge in [0.25, 0.3) is 0 Å². The van der Waals surface area contributed by atoms with Crippen molar-refractivity contribution in [1.82, 2.24) is 0 Å². The number of benzene rings is 1. The molecule has 0 radical (unpaired) electrons. The Morgan fingerprint density at radius 3 is 2.55 bits per heavy atom. The van der Waals surface area contributed by atoms with E-state index in [-0.39, 0.29) is 5.75 Å². The van der Waals surface area contributed by atoms with Crippen LogP contribution < -0.4 is 0 Å². The van der Waals surface area contributed by atoms with E-state index in [1.807, 2.05) is 18.2 Å². The average molecular weight is 351 g/mol. The lowest BCUT2D eigenvalue weighted by molar-refractivity contribution is -0.133. The summed E-state index contributed by atoms with van der Waals surface area (Å²) in [5.74, 6) is -0.554. The number of carboxylic acid groups (broad SMARTS) is 1. The van der Waals surface area contributed by atoms with E-state index in [0.29, 0.717) is 20.5 Å². The quantitative estimate of drug-likeness (QED) is 0.790. The van der Waals surface area contributed by atoms with Gasteiger partial charge < -0.3 is 5.11 Å². The Labute approximate surface area is 137 Å². The minimum absolute atomic E-state index is 0.184. The van der Waals surface area contributed by atoms with Crippen LogP contribution in [0.3, 0.4) is 0 Å². The first-order chi connectivity index (χ1) is 9.56. The van der Waals surface area contributed by atoms with Crippen LogP contribution in [0.5, 0.6) is 0 Å². The smallest absolute Gasteiger partial charge is 0.313 e. The largest absolute Gasteiger partial charge is 0.481 e. The predicted octanol–water partition coefficient (Wildman–Crippen LogP) is 5.21.